The highest BCUT2D eigenvalue weighted by Crippen LogP contribution is 2.27. The Morgan fingerprint density at radius 3 is 2.77 bits per heavy atom. The van der Waals surface area contributed by atoms with Crippen molar-refractivity contribution in [1.29, 1.82) is 0 Å². The van der Waals surface area contributed by atoms with Gasteiger partial charge in [-0.3, -0.25) is 4.79 Å². The number of benzene rings is 1. The summed E-state index contributed by atoms with van der Waals surface area (Å²) >= 11 is 0. The highest BCUT2D eigenvalue weighted by Gasteiger charge is 2.25. The van der Waals surface area contributed by atoms with Gasteiger partial charge in [0.1, 0.15) is 5.82 Å². The number of carbonyl (C=O) groups excluding carboxylic acids is 1. The topological polar surface area (TPSA) is 50.2 Å². The molecule has 0 spiro atoms. The molecule has 1 atom stereocenters. The van der Waals surface area contributed by atoms with Crippen LogP contribution in [0, 0.1) is 11.7 Å². The first-order valence-electron chi connectivity index (χ1n) is 11.5. The van der Waals surface area contributed by atoms with Crippen LogP contribution in [0.4, 0.5) is 4.39 Å². The molecule has 2 aromatic rings. The molecular formula is C24H33FN4O. The lowest BCUT2D eigenvalue weighted by Crippen LogP contribution is -2.35. The summed E-state index contributed by atoms with van der Waals surface area (Å²) < 4.78 is 15.2. The number of unbranched alkanes of at least 4 members (excludes halogenated alkanes) is 1. The van der Waals surface area contributed by atoms with E-state index in [1.807, 2.05) is 4.68 Å². The molecule has 5 nitrogen and oxygen atoms in total. The van der Waals surface area contributed by atoms with Crippen LogP contribution in [-0.2, 0) is 12.8 Å². The largest absolute Gasteiger partial charge is 0.351 e. The Balaban J connectivity index is 1.35. The van der Waals surface area contributed by atoms with Gasteiger partial charge < -0.3 is 10.2 Å². The van der Waals surface area contributed by atoms with Gasteiger partial charge in [-0.1, -0.05) is 6.92 Å². The Morgan fingerprint density at radius 1 is 1.17 bits per heavy atom. The van der Waals surface area contributed by atoms with E-state index in [0.29, 0.717) is 12.2 Å². The molecule has 1 aromatic heterocycles. The van der Waals surface area contributed by atoms with Crippen molar-refractivity contribution < 1.29 is 9.18 Å². The summed E-state index contributed by atoms with van der Waals surface area (Å²) in [5.41, 5.74) is 3.51. The molecule has 0 radical (unpaired) electrons. The predicted molar refractivity (Wildman–Crippen MR) is 117 cm³/mol. The zero-order valence-electron chi connectivity index (χ0n) is 18.0. The molecule has 1 aromatic carbocycles. The van der Waals surface area contributed by atoms with Crippen molar-refractivity contribution in [3.63, 3.8) is 0 Å². The molecule has 30 heavy (non-hydrogen) atoms. The van der Waals surface area contributed by atoms with Crippen molar-refractivity contribution >= 4 is 5.91 Å². The summed E-state index contributed by atoms with van der Waals surface area (Å²) in [7, 11) is 0. The maximum atomic E-state index is 13.3. The minimum absolute atomic E-state index is 0.0828. The minimum atomic E-state index is -0.267. The standard InChI is InChI=1S/C24H33FN4O/c1-18-7-6-16-28(17-18)15-5-4-14-26-24(30)23-21-8-2-3-9-22(21)29(27-23)20-12-10-19(25)11-13-20/h10-13,18H,2-9,14-17H2,1H3,(H,26,30). The third-order valence-electron chi connectivity index (χ3n) is 6.39. The highest BCUT2D eigenvalue weighted by atomic mass is 19.1. The fourth-order valence-electron chi connectivity index (χ4n) is 4.81. The summed E-state index contributed by atoms with van der Waals surface area (Å²) in [6.45, 7) is 6.55. The van der Waals surface area contributed by atoms with E-state index in [-0.39, 0.29) is 11.7 Å². The number of rotatable bonds is 7. The van der Waals surface area contributed by atoms with E-state index in [0.717, 1.165) is 67.9 Å². The number of hydrogen-bond donors (Lipinski definition) is 1. The van der Waals surface area contributed by atoms with E-state index < -0.39 is 0 Å². The molecule has 1 N–H and O–H groups in total. The molecule has 6 heteroatoms. The number of halogens is 1. The summed E-state index contributed by atoms with van der Waals surface area (Å²) in [6.07, 6.45) is 8.70. The zero-order chi connectivity index (χ0) is 20.9. The SMILES string of the molecule is CC1CCCN(CCCCNC(=O)c2nn(-c3ccc(F)cc3)c3c2CCCC3)C1. The van der Waals surface area contributed by atoms with Crippen molar-refractivity contribution in [2.45, 2.75) is 58.3 Å². The van der Waals surface area contributed by atoms with Gasteiger partial charge in [-0.15, -0.1) is 0 Å². The van der Waals surface area contributed by atoms with E-state index >= 15 is 0 Å². The molecule has 1 unspecified atom stereocenters. The third-order valence-corrected chi connectivity index (χ3v) is 6.39. The van der Waals surface area contributed by atoms with E-state index in [9.17, 15) is 9.18 Å². The fourth-order valence-corrected chi connectivity index (χ4v) is 4.81. The second-order valence-corrected chi connectivity index (χ2v) is 8.88. The fraction of sp³-hybridized carbons (Fsp3) is 0.583. The Hall–Kier alpha value is -2.21. The molecule has 1 saturated heterocycles. The molecule has 0 saturated carbocycles. The normalized spacial score (nSPS) is 19.5. The Morgan fingerprint density at radius 2 is 1.97 bits per heavy atom. The van der Waals surface area contributed by atoms with Crippen molar-refractivity contribution in [2.24, 2.45) is 5.92 Å². The van der Waals surface area contributed by atoms with Gasteiger partial charge in [0.2, 0.25) is 0 Å². The first-order valence-corrected chi connectivity index (χ1v) is 11.5. The second-order valence-electron chi connectivity index (χ2n) is 8.88. The number of piperidine rings is 1. The lowest BCUT2D eigenvalue weighted by atomic mass is 9.95. The molecule has 1 aliphatic carbocycles. The summed E-state index contributed by atoms with van der Waals surface area (Å²) in [5, 5.41) is 7.72. The second kappa shape index (κ2) is 9.73. The molecule has 0 bridgehead atoms. The number of likely N-dealkylation sites (tertiary alicyclic amines) is 1. The van der Waals surface area contributed by atoms with Gasteiger partial charge in [-0.2, -0.15) is 5.10 Å². The first kappa shape index (κ1) is 21.0. The van der Waals surface area contributed by atoms with E-state index in [2.05, 4.69) is 22.2 Å². The van der Waals surface area contributed by atoms with Crippen LogP contribution in [0.2, 0.25) is 0 Å². The van der Waals surface area contributed by atoms with Gasteiger partial charge in [0.25, 0.3) is 5.91 Å². The monoisotopic (exact) mass is 412 g/mol. The van der Waals surface area contributed by atoms with Crippen LogP contribution >= 0.6 is 0 Å². The number of amides is 1. The van der Waals surface area contributed by atoms with Crippen LogP contribution in [0.25, 0.3) is 5.69 Å². The predicted octanol–water partition coefficient (Wildman–Crippen LogP) is 4.13. The van der Waals surface area contributed by atoms with Crippen LogP contribution in [0.15, 0.2) is 24.3 Å². The number of nitrogens with one attached hydrogen (secondary N) is 1. The van der Waals surface area contributed by atoms with E-state index in [1.165, 1.54) is 38.1 Å². The van der Waals surface area contributed by atoms with Gasteiger partial charge in [0.05, 0.1) is 5.69 Å². The van der Waals surface area contributed by atoms with Crippen molar-refractivity contribution in [3.8, 4) is 5.69 Å². The number of carbonyl (C=O) groups is 1. The van der Waals surface area contributed by atoms with Crippen LogP contribution < -0.4 is 5.32 Å². The number of fused-ring (bicyclic) bond motifs is 1. The van der Waals surface area contributed by atoms with E-state index in [4.69, 9.17) is 0 Å². The van der Waals surface area contributed by atoms with Crippen molar-refractivity contribution in [2.75, 3.05) is 26.2 Å². The van der Waals surface area contributed by atoms with Crippen LogP contribution in [0.5, 0.6) is 0 Å². The Labute approximate surface area is 178 Å². The Kier molecular flexibility index (Phi) is 6.82. The number of hydrogen-bond acceptors (Lipinski definition) is 3. The van der Waals surface area contributed by atoms with Gasteiger partial charge >= 0.3 is 0 Å². The van der Waals surface area contributed by atoms with Gasteiger partial charge in [0, 0.05) is 24.3 Å². The average Bonchev–Trinajstić information content (AvgIpc) is 3.14. The molecule has 1 aliphatic heterocycles. The van der Waals surface area contributed by atoms with Gasteiger partial charge in [-0.25, -0.2) is 9.07 Å². The van der Waals surface area contributed by atoms with Gasteiger partial charge in [-0.05, 0) is 94.6 Å². The maximum Gasteiger partial charge on any atom is 0.272 e. The lowest BCUT2D eigenvalue weighted by Gasteiger charge is -2.30. The average molecular weight is 413 g/mol. The number of aromatic nitrogens is 2. The van der Waals surface area contributed by atoms with Gasteiger partial charge in [0.15, 0.2) is 5.69 Å². The molecule has 162 valence electrons. The number of nitrogens with zero attached hydrogens (tertiary/aromatic N) is 3. The minimum Gasteiger partial charge on any atom is -0.351 e. The summed E-state index contributed by atoms with van der Waals surface area (Å²) in [4.78, 5) is 15.4. The molecule has 1 amide bonds. The van der Waals surface area contributed by atoms with Crippen LogP contribution in [0.3, 0.4) is 0 Å². The smallest absolute Gasteiger partial charge is 0.272 e. The quantitative estimate of drug-likeness (QED) is 0.696. The summed E-state index contributed by atoms with van der Waals surface area (Å²) in [5.74, 6) is 0.457. The van der Waals surface area contributed by atoms with Crippen molar-refractivity contribution in [1.82, 2.24) is 20.0 Å². The molecule has 2 heterocycles. The maximum absolute atomic E-state index is 13.3. The molecule has 2 aliphatic rings. The Bertz CT molecular complexity index is 861. The van der Waals surface area contributed by atoms with E-state index in [1.54, 1.807) is 12.1 Å². The van der Waals surface area contributed by atoms with Crippen LogP contribution in [0.1, 0.15) is 67.2 Å². The lowest BCUT2D eigenvalue weighted by molar-refractivity contribution is 0.0945. The molecule has 1 fully saturated rings. The first-order chi connectivity index (χ1) is 14.6. The van der Waals surface area contributed by atoms with Crippen LogP contribution in [-0.4, -0.2) is 46.8 Å². The highest BCUT2D eigenvalue weighted by molar-refractivity contribution is 5.94. The summed E-state index contributed by atoms with van der Waals surface area (Å²) in [6, 6.07) is 6.32. The molecule has 4 rings (SSSR count). The molecular weight excluding hydrogens is 379 g/mol. The third kappa shape index (κ3) is 4.91. The zero-order valence-corrected chi connectivity index (χ0v) is 18.0. The van der Waals surface area contributed by atoms with Crippen molar-refractivity contribution in [3.05, 3.63) is 47.0 Å².